The van der Waals surface area contributed by atoms with Crippen molar-refractivity contribution in [3.8, 4) is 0 Å². The van der Waals surface area contributed by atoms with E-state index in [2.05, 4.69) is 5.32 Å². The molecule has 0 spiro atoms. The van der Waals surface area contributed by atoms with Gasteiger partial charge in [0.1, 0.15) is 0 Å². The minimum Gasteiger partial charge on any atom is -0.325 e. The number of benzene rings is 2. The predicted octanol–water partition coefficient (Wildman–Crippen LogP) is 4.09. The van der Waals surface area contributed by atoms with Gasteiger partial charge in [-0.25, -0.2) is 8.42 Å². The van der Waals surface area contributed by atoms with Crippen LogP contribution in [-0.4, -0.2) is 45.1 Å². The lowest BCUT2D eigenvalue weighted by Crippen LogP contribution is -2.31. The van der Waals surface area contributed by atoms with Gasteiger partial charge in [0.2, 0.25) is 5.91 Å². The first kappa shape index (κ1) is 23.2. The number of alkyl halides is 3. The van der Waals surface area contributed by atoms with Crippen molar-refractivity contribution < 1.29 is 26.4 Å². The van der Waals surface area contributed by atoms with Crippen molar-refractivity contribution >= 4 is 33.0 Å². The summed E-state index contributed by atoms with van der Waals surface area (Å²) < 4.78 is 63.1. The lowest BCUT2D eigenvalue weighted by Gasteiger charge is -2.17. The highest BCUT2D eigenvalue weighted by atomic mass is 35.5. The highest BCUT2D eigenvalue weighted by molar-refractivity contribution is 7.91. The van der Waals surface area contributed by atoms with E-state index in [-0.39, 0.29) is 22.9 Å². The molecule has 0 atom stereocenters. The molecule has 158 valence electrons. The van der Waals surface area contributed by atoms with Crippen molar-refractivity contribution in [2.24, 2.45) is 0 Å². The largest absolute Gasteiger partial charge is 0.417 e. The molecule has 1 N–H and O–H groups in total. The van der Waals surface area contributed by atoms with Gasteiger partial charge >= 0.3 is 6.18 Å². The second kappa shape index (κ2) is 9.60. The van der Waals surface area contributed by atoms with Gasteiger partial charge in [0, 0.05) is 5.69 Å². The van der Waals surface area contributed by atoms with Gasteiger partial charge in [-0.3, -0.25) is 9.69 Å². The fourth-order valence-electron chi connectivity index (χ4n) is 2.62. The molecule has 0 radical (unpaired) electrons. The zero-order valence-corrected chi connectivity index (χ0v) is 17.1. The molecule has 0 aromatic heterocycles. The summed E-state index contributed by atoms with van der Waals surface area (Å²) in [6.07, 6.45) is -4.32. The van der Waals surface area contributed by atoms with Gasteiger partial charge in [0.15, 0.2) is 9.84 Å². The van der Waals surface area contributed by atoms with E-state index in [0.717, 1.165) is 12.1 Å². The number of carbonyl (C=O) groups is 1. The topological polar surface area (TPSA) is 66.5 Å². The number of amides is 1. The molecule has 0 fully saturated rings. The minimum absolute atomic E-state index is 0.0215. The zero-order chi connectivity index (χ0) is 21.7. The van der Waals surface area contributed by atoms with Crippen LogP contribution in [0.15, 0.2) is 53.4 Å². The minimum atomic E-state index is -4.63. The molecule has 5 nitrogen and oxygen atoms in total. The number of nitrogens with one attached hydrogen (secondary N) is 1. The number of anilines is 1. The summed E-state index contributed by atoms with van der Waals surface area (Å²) in [7, 11) is -1.78. The van der Waals surface area contributed by atoms with E-state index >= 15 is 0 Å². The first-order chi connectivity index (χ1) is 13.5. The summed E-state index contributed by atoms with van der Waals surface area (Å²) in [5, 5.41) is 1.94. The second-order valence-electron chi connectivity index (χ2n) is 6.46. The SMILES string of the molecule is CN(CCCS(=O)(=O)c1ccccc1)CC(=O)Nc1ccc(Cl)c(C(F)(F)F)c1. The highest BCUT2D eigenvalue weighted by Crippen LogP contribution is 2.36. The molecule has 0 saturated heterocycles. The van der Waals surface area contributed by atoms with Gasteiger partial charge in [-0.05, 0) is 50.3 Å². The summed E-state index contributed by atoms with van der Waals surface area (Å²) in [5.41, 5.74) is -1.05. The van der Waals surface area contributed by atoms with Crippen molar-refractivity contribution in [1.29, 1.82) is 0 Å². The number of nitrogens with zero attached hydrogens (tertiary/aromatic N) is 1. The Morgan fingerprint density at radius 2 is 1.79 bits per heavy atom. The van der Waals surface area contributed by atoms with Crippen molar-refractivity contribution in [1.82, 2.24) is 4.90 Å². The molecule has 2 aromatic rings. The van der Waals surface area contributed by atoms with Gasteiger partial charge in [-0.1, -0.05) is 29.8 Å². The van der Waals surface area contributed by atoms with Gasteiger partial charge in [-0.2, -0.15) is 13.2 Å². The van der Waals surface area contributed by atoms with Crippen LogP contribution in [0, 0.1) is 0 Å². The van der Waals surface area contributed by atoms with Crippen LogP contribution in [0.3, 0.4) is 0 Å². The quantitative estimate of drug-likeness (QED) is 0.660. The number of rotatable bonds is 8. The second-order valence-corrected chi connectivity index (χ2v) is 8.98. The van der Waals surface area contributed by atoms with Crippen LogP contribution in [0.25, 0.3) is 0 Å². The first-order valence-electron chi connectivity index (χ1n) is 8.62. The number of halogens is 4. The molecular weight excluding hydrogens is 429 g/mol. The standard InChI is InChI=1S/C19H20ClF3N2O3S/c1-25(10-5-11-29(27,28)15-6-3-2-4-7-15)13-18(26)24-14-8-9-17(20)16(12-14)19(21,22)23/h2-4,6-9,12H,5,10-11,13H2,1H3,(H,24,26). The first-order valence-corrected chi connectivity index (χ1v) is 10.6. The van der Waals surface area contributed by atoms with Gasteiger partial charge in [-0.15, -0.1) is 0 Å². The summed E-state index contributed by atoms with van der Waals surface area (Å²) >= 11 is 5.55. The molecule has 2 rings (SSSR count). The van der Waals surface area contributed by atoms with Crippen LogP contribution in [0.1, 0.15) is 12.0 Å². The lowest BCUT2D eigenvalue weighted by molar-refractivity contribution is -0.137. The summed E-state index contributed by atoms with van der Waals surface area (Å²) in [6.45, 7) is 0.225. The summed E-state index contributed by atoms with van der Waals surface area (Å²) in [6, 6.07) is 11.2. The Labute approximate surface area is 172 Å². The third-order valence-electron chi connectivity index (χ3n) is 4.02. The van der Waals surface area contributed by atoms with Crippen LogP contribution < -0.4 is 5.32 Å². The van der Waals surface area contributed by atoms with E-state index in [0.29, 0.717) is 13.0 Å². The molecule has 0 heterocycles. The van der Waals surface area contributed by atoms with Crippen LogP contribution in [0.5, 0.6) is 0 Å². The predicted molar refractivity (Wildman–Crippen MR) is 106 cm³/mol. The Bertz CT molecular complexity index is 951. The molecule has 1 amide bonds. The van der Waals surface area contributed by atoms with Crippen LogP contribution >= 0.6 is 11.6 Å². The zero-order valence-electron chi connectivity index (χ0n) is 15.5. The molecule has 0 saturated carbocycles. The Balaban J connectivity index is 1.85. The number of sulfone groups is 1. The normalized spacial score (nSPS) is 12.2. The number of hydrogen-bond acceptors (Lipinski definition) is 4. The van der Waals surface area contributed by atoms with Crippen LogP contribution in [0.2, 0.25) is 5.02 Å². The van der Waals surface area contributed by atoms with Crippen LogP contribution in [0.4, 0.5) is 18.9 Å². The average Bonchev–Trinajstić information content (AvgIpc) is 2.63. The lowest BCUT2D eigenvalue weighted by atomic mass is 10.2. The van der Waals surface area contributed by atoms with E-state index in [4.69, 9.17) is 11.6 Å². The fraction of sp³-hybridized carbons (Fsp3) is 0.316. The van der Waals surface area contributed by atoms with Crippen molar-refractivity contribution in [3.63, 3.8) is 0 Å². The Kier molecular flexibility index (Phi) is 7.67. The molecule has 0 aliphatic rings. The molecule has 0 bridgehead atoms. The Morgan fingerprint density at radius 1 is 1.14 bits per heavy atom. The number of likely N-dealkylation sites (N-methyl/N-ethyl adjacent to an activating group) is 1. The maximum absolute atomic E-state index is 12.9. The average molecular weight is 449 g/mol. The van der Waals surface area contributed by atoms with Gasteiger partial charge < -0.3 is 5.32 Å². The van der Waals surface area contributed by atoms with E-state index < -0.39 is 32.5 Å². The Morgan fingerprint density at radius 3 is 2.41 bits per heavy atom. The molecule has 0 aliphatic carbocycles. The Hall–Kier alpha value is -2.10. The molecule has 0 unspecified atom stereocenters. The number of carbonyl (C=O) groups excluding carboxylic acids is 1. The molecular formula is C19H20ClF3N2O3S. The maximum Gasteiger partial charge on any atom is 0.417 e. The van der Waals surface area contributed by atoms with E-state index in [9.17, 15) is 26.4 Å². The number of hydrogen-bond donors (Lipinski definition) is 1. The van der Waals surface area contributed by atoms with Gasteiger partial charge in [0.05, 0.1) is 27.8 Å². The van der Waals surface area contributed by atoms with Crippen molar-refractivity contribution in [3.05, 3.63) is 59.1 Å². The third kappa shape index (κ3) is 7.02. The van der Waals surface area contributed by atoms with E-state index in [1.165, 1.54) is 18.2 Å². The van der Waals surface area contributed by atoms with Gasteiger partial charge in [0.25, 0.3) is 0 Å². The molecule has 10 heteroatoms. The smallest absolute Gasteiger partial charge is 0.325 e. The highest BCUT2D eigenvalue weighted by Gasteiger charge is 2.33. The van der Waals surface area contributed by atoms with E-state index in [1.54, 1.807) is 30.1 Å². The molecule has 0 aliphatic heterocycles. The fourth-order valence-corrected chi connectivity index (χ4v) is 4.16. The molecule has 2 aromatic carbocycles. The summed E-state index contributed by atoms with van der Waals surface area (Å²) in [4.78, 5) is 13.9. The molecule has 29 heavy (non-hydrogen) atoms. The third-order valence-corrected chi connectivity index (χ3v) is 6.17. The van der Waals surface area contributed by atoms with Crippen LogP contribution in [-0.2, 0) is 20.8 Å². The monoisotopic (exact) mass is 448 g/mol. The summed E-state index contributed by atoms with van der Waals surface area (Å²) in [5.74, 6) is -0.594. The van der Waals surface area contributed by atoms with Crippen molar-refractivity contribution in [2.45, 2.75) is 17.5 Å². The van der Waals surface area contributed by atoms with Crippen molar-refractivity contribution in [2.75, 3.05) is 31.2 Å². The maximum atomic E-state index is 12.9. The van der Waals surface area contributed by atoms with E-state index in [1.807, 2.05) is 0 Å².